The molecule has 0 aromatic heterocycles. The van der Waals surface area contributed by atoms with Gasteiger partial charge in [0.25, 0.3) is 11.1 Å². The lowest BCUT2D eigenvalue weighted by Gasteiger charge is -2.12. The minimum Gasteiger partial charge on any atom is -0.268 e. The summed E-state index contributed by atoms with van der Waals surface area (Å²) in [5.41, 5.74) is 1.14. The van der Waals surface area contributed by atoms with E-state index in [0.29, 0.717) is 10.5 Å². The molecule has 23 heavy (non-hydrogen) atoms. The molecule has 1 aliphatic heterocycles. The predicted octanol–water partition coefficient (Wildman–Crippen LogP) is 4.82. The van der Waals surface area contributed by atoms with Crippen LogP contribution in [0.15, 0.2) is 57.9 Å². The average Bonchev–Trinajstić information content (AvgIpc) is 2.79. The quantitative estimate of drug-likeness (QED) is 0.703. The molecule has 0 N–H and O–H groups in total. The number of carbonyl (C=O) groups excluding carboxylic acids is 2. The molecule has 3 rings (SSSR count). The van der Waals surface area contributed by atoms with Crippen LogP contribution in [-0.2, 0) is 11.3 Å². The Labute approximate surface area is 145 Å². The molecule has 6 heteroatoms. The fourth-order valence-electron chi connectivity index (χ4n) is 2.14. The zero-order valence-corrected chi connectivity index (χ0v) is 14.2. The highest BCUT2D eigenvalue weighted by atomic mass is 79.9. The average molecular weight is 392 g/mol. The Hall–Kier alpha value is -1.92. The number of hydrogen-bond acceptors (Lipinski definition) is 3. The molecule has 0 atom stereocenters. The first-order valence-electron chi connectivity index (χ1n) is 6.79. The Bertz CT molecular complexity index is 804. The van der Waals surface area contributed by atoms with Gasteiger partial charge in [-0.25, -0.2) is 4.39 Å². The normalized spacial score (nSPS) is 16.4. The molecule has 0 aliphatic carbocycles. The van der Waals surface area contributed by atoms with Crippen molar-refractivity contribution in [1.29, 1.82) is 0 Å². The van der Waals surface area contributed by atoms with Gasteiger partial charge < -0.3 is 0 Å². The smallest absolute Gasteiger partial charge is 0.268 e. The van der Waals surface area contributed by atoms with E-state index in [-0.39, 0.29) is 11.8 Å². The van der Waals surface area contributed by atoms with Gasteiger partial charge in [-0.05, 0) is 41.6 Å². The summed E-state index contributed by atoms with van der Waals surface area (Å²) in [6.45, 7) is -0.0605. The topological polar surface area (TPSA) is 37.4 Å². The highest BCUT2D eigenvalue weighted by Crippen LogP contribution is 2.33. The van der Waals surface area contributed by atoms with Crippen LogP contribution in [0.2, 0.25) is 0 Å². The number of imide groups is 1. The van der Waals surface area contributed by atoms with Crippen LogP contribution < -0.4 is 0 Å². The molecule has 2 aromatic rings. The Morgan fingerprint density at radius 1 is 1.09 bits per heavy atom. The van der Waals surface area contributed by atoms with Crippen LogP contribution >= 0.6 is 27.7 Å². The Morgan fingerprint density at radius 3 is 2.48 bits per heavy atom. The molecule has 116 valence electrons. The molecule has 1 heterocycles. The van der Waals surface area contributed by atoms with E-state index < -0.39 is 11.7 Å². The summed E-state index contributed by atoms with van der Waals surface area (Å²) < 4.78 is 14.6. The number of halogens is 2. The molecule has 0 radical (unpaired) electrons. The standard InChI is InChI=1S/C17H11BrFNO2S/c18-13-7-5-11(6-8-13)9-15-16(21)20(17(22)23-15)10-12-3-1-2-4-14(12)19/h1-9H,10H2/b15-9-. The number of carbonyl (C=O) groups is 2. The summed E-state index contributed by atoms with van der Waals surface area (Å²) in [4.78, 5) is 25.8. The third kappa shape index (κ3) is 3.54. The molecule has 0 spiro atoms. The van der Waals surface area contributed by atoms with Crippen molar-refractivity contribution in [1.82, 2.24) is 4.90 Å². The van der Waals surface area contributed by atoms with Gasteiger partial charge >= 0.3 is 0 Å². The maximum Gasteiger partial charge on any atom is 0.293 e. The fraction of sp³-hybridized carbons (Fsp3) is 0.0588. The summed E-state index contributed by atoms with van der Waals surface area (Å²) in [5, 5.41) is -0.387. The van der Waals surface area contributed by atoms with Crippen molar-refractivity contribution >= 4 is 44.9 Å². The minimum absolute atomic E-state index is 0.0605. The van der Waals surface area contributed by atoms with Crippen LogP contribution in [0.1, 0.15) is 11.1 Å². The third-order valence-corrected chi connectivity index (χ3v) is 4.76. The van der Waals surface area contributed by atoms with Crippen LogP contribution in [0.25, 0.3) is 6.08 Å². The SMILES string of the molecule is O=C1S/C(=C\c2ccc(Br)cc2)C(=O)N1Cc1ccccc1F. The van der Waals surface area contributed by atoms with Crippen LogP contribution in [0.3, 0.4) is 0 Å². The molecular weight excluding hydrogens is 381 g/mol. The van der Waals surface area contributed by atoms with Crippen molar-refractivity contribution in [2.24, 2.45) is 0 Å². The first-order valence-corrected chi connectivity index (χ1v) is 8.40. The largest absolute Gasteiger partial charge is 0.293 e. The zero-order chi connectivity index (χ0) is 16.4. The van der Waals surface area contributed by atoms with Crippen LogP contribution in [0.5, 0.6) is 0 Å². The van der Waals surface area contributed by atoms with Gasteiger partial charge in [0.05, 0.1) is 11.4 Å². The lowest BCUT2D eigenvalue weighted by molar-refractivity contribution is -0.123. The monoisotopic (exact) mass is 391 g/mol. The van der Waals surface area contributed by atoms with Gasteiger partial charge in [-0.2, -0.15) is 0 Å². The molecule has 0 unspecified atom stereocenters. The number of hydrogen-bond donors (Lipinski definition) is 0. The van der Waals surface area contributed by atoms with Crippen LogP contribution in [0, 0.1) is 5.82 Å². The van der Waals surface area contributed by atoms with Crippen molar-refractivity contribution in [2.75, 3.05) is 0 Å². The Kier molecular flexibility index (Phi) is 4.63. The number of nitrogens with zero attached hydrogens (tertiary/aromatic N) is 1. The lowest BCUT2D eigenvalue weighted by Crippen LogP contribution is -2.27. The van der Waals surface area contributed by atoms with Crippen molar-refractivity contribution in [3.8, 4) is 0 Å². The maximum atomic E-state index is 13.7. The van der Waals surface area contributed by atoms with Gasteiger partial charge in [0, 0.05) is 10.0 Å². The van der Waals surface area contributed by atoms with E-state index in [4.69, 9.17) is 0 Å². The molecule has 3 nitrogen and oxygen atoms in total. The summed E-state index contributed by atoms with van der Waals surface area (Å²) in [5.74, 6) is -0.824. The zero-order valence-electron chi connectivity index (χ0n) is 11.8. The molecule has 2 amide bonds. The second-order valence-electron chi connectivity index (χ2n) is 4.91. The van der Waals surface area contributed by atoms with Crippen molar-refractivity contribution in [2.45, 2.75) is 6.54 Å². The van der Waals surface area contributed by atoms with Gasteiger partial charge in [-0.1, -0.05) is 46.3 Å². The molecule has 2 aromatic carbocycles. The Morgan fingerprint density at radius 2 is 1.78 bits per heavy atom. The maximum absolute atomic E-state index is 13.7. The minimum atomic E-state index is -0.427. The van der Waals surface area contributed by atoms with Gasteiger partial charge in [-0.3, -0.25) is 14.5 Å². The van der Waals surface area contributed by atoms with Gasteiger partial charge in [0.2, 0.25) is 0 Å². The van der Waals surface area contributed by atoms with E-state index in [1.165, 1.54) is 6.07 Å². The molecule has 1 saturated heterocycles. The van der Waals surface area contributed by atoms with Gasteiger partial charge in [-0.15, -0.1) is 0 Å². The van der Waals surface area contributed by atoms with Gasteiger partial charge in [0.15, 0.2) is 0 Å². The van der Waals surface area contributed by atoms with E-state index >= 15 is 0 Å². The second-order valence-corrected chi connectivity index (χ2v) is 6.82. The lowest BCUT2D eigenvalue weighted by atomic mass is 10.2. The van der Waals surface area contributed by atoms with Gasteiger partial charge in [0.1, 0.15) is 5.82 Å². The molecular formula is C17H11BrFNO2S. The molecule has 0 saturated carbocycles. The third-order valence-electron chi connectivity index (χ3n) is 3.33. The predicted molar refractivity (Wildman–Crippen MR) is 92.1 cm³/mol. The van der Waals surface area contributed by atoms with E-state index in [9.17, 15) is 14.0 Å². The summed E-state index contributed by atoms with van der Waals surface area (Å²) in [6.07, 6.45) is 1.67. The summed E-state index contributed by atoms with van der Waals surface area (Å²) in [7, 11) is 0. The summed E-state index contributed by atoms with van der Waals surface area (Å²) >= 11 is 4.21. The highest BCUT2D eigenvalue weighted by molar-refractivity contribution is 9.10. The summed E-state index contributed by atoms with van der Waals surface area (Å²) in [6, 6.07) is 13.5. The van der Waals surface area contributed by atoms with E-state index in [1.54, 1.807) is 24.3 Å². The number of amides is 2. The molecule has 1 fully saturated rings. The van der Waals surface area contributed by atoms with E-state index in [1.807, 2.05) is 24.3 Å². The van der Waals surface area contributed by atoms with Crippen molar-refractivity contribution in [3.63, 3.8) is 0 Å². The van der Waals surface area contributed by atoms with Crippen LogP contribution in [-0.4, -0.2) is 16.0 Å². The molecule has 1 aliphatic rings. The number of benzene rings is 2. The second kappa shape index (κ2) is 6.68. The van der Waals surface area contributed by atoms with E-state index in [0.717, 1.165) is 26.7 Å². The molecule has 0 bridgehead atoms. The van der Waals surface area contributed by atoms with Crippen LogP contribution in [0.4, 0.5) is 9.18 Å². The van der Waals surface area contributed by atoms with Crippen molar-refractivity contribution < 1.29 is 14.0 Å². The first-order chi connectivity index (χ1) is 11.0. The van der Waals surface area contributed by atoms with E-state index in [2.05, 4.69) is 15.9 Å². The number of thioether (sulfide) groups is 1. The fourth-order valence-corrected chi connectivity index (χ4v) is 3.25. The number of rotatable bonds is 3. The first kappa shape index (κ1) is 16.0. The highest BCUT2D eigenvalue weighted by Gasteiger charge is 2.35. The Balaban J connectivity index is 1.82. The van der Waals surface area contributed by atoms with Crippen molar-refractivity contribution in [3.05, 3.63) is 74.9 Å².